The van der Waals surface area contributed by atoms with E-state index in [-0.39, 0.29) is 10.6 Å². The number of carbonyl (C=O) groups excluding carboxylic acids is 1. The average molecular weight is 244 g/mol. The van der Waals surface area contributed by atoms with Crippen LogP contribution in [0.2, 0.25) is 0 Å². The summed E-state index contributed by atoms with van der Waals surface area (Å²) in [5, 5.41) is -0.798. The molecule has 4 N–H and O–H groups in total. The fraction of sp³-hybridized carbons (Fsp3) is 0.300. The van der Waals surface area contributed by atoms with Crippen LogP contribution in [0.3, 0.4) is 0 Å². The molecule has 88 valence electrons. The van der Waals surface area contributed by atoms with Crippen molar-refractivity contribution in [2.24, 2.45) is 5.73 Å². The molecule has 0 heterocycles. The number of benzene rings is 1. The molecule has 1 aromatic carbocycles. The summed E-state index contributed by atoms with van der Waals surface area (Å²) >= 11 is 0. The number of hydrogen-bond donors (Lipinski definition) is 2. The molecule has 0 aromatic heterocycles. The van der Waals surface area contributed by atoms with Crippen LogP contribution in [0.15, 0.2) is 23.1 Å². The molecule has 4 nitrogen and oxygen atoms in total. The van der Waals surface area contributed by atoms with E-state index in [2.05, 4.69) is 0 Å². The predicted octanol–water partition coefficient (Wildman–Crippen LogP) is 0.779. The SMILES string of the molecule is CCC(C(N)=O)S(=O)c1ccc(F)cc1N. The van der Waals surface area contributed by atoms with Gasteiger partial charge in [-0.3, -0.25) is 9.00 Å². The molecule has 0 fully saturated rings. The van der Waals surface area contributed by atoms with Gasteiger partial charge in [-0.2, -0.15) is 0 Å². The van der Waals surface area contributed by atoms with E-state index in [0.29, 0.717) is 6.42 Å². The summed E-state index contributed by atoms with van der Waals surface area (Å²) < 4.78 is 24.7. The number of anilines is 1. The molecule has 0 spiro atoms. The van der Waals surface area contributed by atoms with Crippen molar-refractivity contribution in [2.45, 2.75) is 23.5 Å². The first kappa shape index (κ1) is 12.6. The molecule has 0 bridgehead atoms. The smallest absolute Gasteiger partial charge is 0.233 e. The van der Waals surface area contributed by atoms with Crippen molar-refractivity contribution in [3.05, 3.63) is 24.0 Å². The number of halogens is 1. The maximum Gasteiger partial charge on any atom is 0.233 e. The fourth-order valence-electron chi connectivity index (χ4n) is 1.31. The van der Waals surface area contributed by atoms with Crippen LogP contribution in [-0.2, 0) is 15.6 Å². The number of nitrogens with two attached hydrogens (primary N) is 2. The monoisotopic (exact) mass is 244 g/mol. The lowest BCUT2D eigenvalue weighted by atomic mass is 10.3. The maximum absolute atomic E-state index is 12.8. The van der Waals surface area contributed by atoms with Gasteiger partial charge < -0.3 is 11.5 Å². The molecule has 1 aromatic rings. The van der Waals surface area contributed by atoms with Gasteiger partial charge in [0.05, 0.1) is 21.4 Å². The van der Waals surface area contributed by atoms with E-state index >= 15 is 0 Å². The first-order valence-electron chi connectivity index (χ1n) is 4.72. The summed E-state index contributed by atoms with van der Waals surface area (Å²) in [6, 6.07) is 3.53. The molecule has 0 radical (unpaired) electrons. The zero-order valence-electron chi connectivity index (χ0n) is 8.77. The van der Waals surface area contributed by atoms with E-state index in [0.717, 1.165) is 12.1 Å². The summed E-state index contributed by atoms with van der Waals surface area (Å²) in [6.45, 7) is 1.70. The van der Waals surface area contributed by atoms with Crippen molar-refractivity contribution in [1.82, 2.24) is 0 Å². The molecule has 1 amide bonds. The van der Waals surface area contributed by atoms with Gasteiger partial charge in [0.2, 0.25) is 5.91 Å². The third-order valence-electron chi connectivity index (χ3n) is 2.14. The van der Waals surface area contributed by atoms with Crippen LogP contribution in [0.4, 0.5) is 10.1 Å². The Kier molecular flexibility index (Phi) is 4.00. The van der Waals surface area contributed by atoms with Gasteiger partial charge in [0.15, 0.2) is 0 Å². The van der Waals surface area contributed by atoms with Gasteiger partial charge in [0.25, 0.3) is 0 Å². The van der Waals surface area contributed by atoms with E-state index in [1.54, 1.807) is 6.92 Å². The number of nitrogen functional groups attached to an aromatic ring is 1. The van der Waals surface area contributed by atoms with E-state index in [9.17, 15) is 13.4 Å². The minimum Gasteiger partial charge on any atom is -0.398 e. The third-order valence-corrected chi connectivity index (χ3v) is 4.02. The Morgan fingerprint density at radius 2 is 2.19 bits per heavy atom. The number of carbonyl (C=O) groups is 1. The largest absolute Gasteiger partial charge is 0.398 e. The molecule has 1 rings (SSSR count). The van der Waals surface area contributed by atoms with Gasteiger partial charge in [-0.1, -0.05) is 6.92 Å². The first-order chi connectivity index (χ1) is 7.47. The van der Waals surface area contributed by atoms with Crippen molar-refractivity contribution in [3.8, 4) is 0 Å². The Bertz CT molecular complexity index is 437. The maximum atomic E-state index is 12.8. The van der Waals surface area contributed by atoms with E-state index in [1.807, 2.05) is 0 Å². The number of hydrogen-bond acceptors (Lipinski definition) is 3. The van der Waals surface area contributed by atoms with Gasteiger partial charge in [0.1, 0.15) is 11.1 Å². The molecule has 0 aliphatic rings. The second kappa shape index (κ2) is 5.07. The van der Waals surface area contributed by atoms with Crippen LogP contribution < -0.4 is 11.5 Å². The van der Waals surface area contributed by atoms with E-state index in [4.69, 9.17) is 11.5 Å². The Labute approximate surface area is 95.3 Å². The molecule has 0 saturated heterocycles. The van der Waals surface area contributed by atoms with Gasteiger partial charge in [-0.15, -0.1) is 0 Å². The quantitative estimate of drug-likeness (QED) is 0.767. The Hall–Kier alpha value is -1.43. The lowest BCUT2D eigenvalue weighted by Gasteiger charge is -2.12. The first-order valence-corrected chi connectivity index (χ1v) is 5.93. The van der Waals surface area contributed by atoms with Gasteiger partial charge in [-0.25, -0.2) is 4.39 Å². The highest BCUT2D eigenvalue weighted by molar-refractivity contribution is 7.86. The van der Waals surface area contributed by atoms with Crippen molar-refractivity contribution in [3.63, 3.8) is 0 Å². The highest BCUT2D eigenvalue weighted by Crippen LogP contribution is 2.21. The molecular weight excluding hydrogens is 231 g/mol. The van der Waals surface area contributed by atoms with Crippen LogP contribution in [0, 0.1) is 5.82 Å². The minimum atomic E-state index is -1.64. The molecule has 16 heavy (non-hydrogen) atoms. The van der Waals surface area contributed by atoms with Crippen LogP contribution in [0.5, 0.6) is 0 Å². The van der Waals surface area contributed by atoms with Crippen LogP contribution >= 0.6 is 0 Å². The Morgan fingerprint density at radius 1 is 1.56 bits per heavy atom. The normalized spacial score (nSPS) is 14.4. The van der Waals surface area contributed by atoms with Crippen LogP contribution in [-0.4, -0.2) is 15.4 Å². The lowest BCUT2D eigenvalue weighted by Crippen LogP contribution is -2.32. The average Bonchev–Trinajstić information content (AvgIpc) is 2.17. The summed E-state index contributed by atoms with van der Waals surface area (Å²) in [5.74, 6) is -1.16. The van der Waals surface area contributed by atoms with E-state index in [1.165, 1.54) is 6.07 Å². The minimum absolute atomic E-state index is 0.0676. The van der Waals surface area contributed by atoms with Gasteiger partial charge in [-0.05, 0) is 24.6 Å². The zero-order chi connectivity index (χ0) is 12.3. The van der Waals surface area contributed by atoms with Crippen molar-refractivity contribution in [1.29, 1.82) is 0 Å². The van der Waals surface area contributed by atoms with Crippen molar-refractivity contribution >= 4 is 22.4 Å². The molecular formula is C10H13FN2O2S. The molecule has 2 atom stereocenters. The van der Waals surface area contributed by atoms with E-state index < -0.39 is 27.8 Å². The van der Waals surface area contributed by atoms with Crippen LogP contribution in [0.25, 0.3) is 0 Å². The second-order valence-corrected chi connectivity index (χ2v) is 4.88. The van der Waals surface area contributed by atoms with Crippen molar-refractivity contribution in [2.75, 3.05) is 5.73 Å². The highest BCUT2D eigenvalue weighted by Gasteiger charge is 2.23. The van der Waals surface area contributed by atoms with Crippen molar-refractivity contribution < 1.29 is 13.4 Å². The van der Waals surface area contributed by atoms with Gasteiger partial charge in [0, 0.05) is 0 Å². The van der Waals surface area contributed by atoms with Gasteiger partial charge >= 0.3 is 0 Å². The fourth-order valence-corrected chi connectivity index (χ4v) is 2.63. The topological polar surface area (TPSA) is 86.2 Å². The lowest BCUT2D eigenvalue weighted by molar-refractivity contribution is -0.117. The summed E-state index contributed by atoms with van der Waals surface area (Å²) in [7, 11) is -1.64. The molecule has 0 aliphatic carbocycles. The molecule has 0 saturated carbocycles. The number of rotatable bonds is 4. The summed E-state index contributed by atoms with van der Waals surface area (Å²) in [5.41, 5.74) is 10.7. The standard InChI is InChI=1S/C10H13FN2O2S/c1-2-8(10(13)14)16(15)9-4-3-6(11)5-7(9)12/h3-5,8H,2,12H2,1H3,(H2,13,14). The summed E-state index contributed by atoms with van der Waals surface area (Å²) in [4.78, 5) is 11.3. The highest BCUT2D eigenvalue weighted by atomic mass is 32.2. The second-order valence-electron chi connectivity index (χ2n) is 3.28. The Balaban J connectivity index is 3.09. The molecule has 2 unspecified atom stereocenters. The molecule has 0 aliphatic heterocycles. The molecule has 6 heteroatoms. The number of amides is 1. The third kappa shape index (κ3) is 2.57. The predicted molar refractivity (Wildman–Crippen MR) is 60.5 cm³/mol. The number of primary amides is 1. The summed E-state index contributed by atoms with van der Waals surface area (Å²) in [6.07, 6.45) is 0.346. The zero-order valence-corrected chi connectivity index (χ0v) is 9.59. The Morgan fingerprint density at radius 3 is 2.62 bits per heavy atom. The van der Waals surface area contributed by atoms with Crippen LogP contribution in [0.1, 0.15) is 13.3 Å².